The van der Waals surface area contributed by atoms with Crippen molar-refractivity contribution in [3.63, 3.8) is 0 Å². The summed E-state index contributed by atoms with van der Waals surface area (Å²) in [5, 5.41) is 21.8. The Bertz CT molecular complexity index is 1410. The Morgan fingerprint density at radius 2 is 1.84 bits per heavy atom. The van der Waals surface area contributed by atoms with Crippen molar-refractivity contribution in [3.05, 3.63) is 60.0 Å². The van der Waals surface area contributed by atoms with Gasteiger partial charge in [0.05, 0.1) is 38.3 Å². The SMILES string of the molecule is CNC(=O)c1nnc(NCc2ccc(OC)cc2OC)cc1Nc1cccc(-c2ncn(C)n2)c1OC. The van der Waals surface area contributed by atoms with Gasteiger partial charge in [0.25, 0.3) is 5.91 Å². The molecule has 0 fully saturated rings. The van der Waals surface area contributed by atoms with E-state index in [0.717, 1.165) is 5.56 Å². The van der Waals surface area contributed by atoms with Crippen molar-refractivity contribution in [1.82, 2.24) is 30.3 Å². The fourth-order valence-corrected chi connectivity index (χ4v) is 3.68. The Labute approximate surface area is 214 Å². The van der Waals surface area contributed by atoms with Gasteiger partial charge in [-0.25, -0.2) is 4.98 Å². The third-order valence-corrected chi connectivity index (χ3v) is 5.52. The highest BCUT2D eigenvalue weighted by Crippen LogP contribution is 2.37. The van der Waals surface area contributed by atoms with Gasteiger partial charge < -0.3 is 30.2 Å². The molecule has 0 atom stereocenters. The van der Waals surface area contributed by atoms with E-state index in [2.05, 4.69) is 36.2 Å². The minimum atomic E-state index is -0.389. The molecule has 2 heterocycles. The number of ether oxygens (including phenoxy) is 3. The quantitative estimate of drug-likeness (QED) is 0.295. The molecule has 3 N–H and O–H groups in total. The molecule has 0 saturated carbocycles. The van der Waals surface area contributed by atoms with Gasteiger partial charge in [0, 0.05) is 38.3 Å². The Morgan fingerprint density at radius 1 is 1.00 bits per heavy atom. The fourth-order valence-electron chi connectivity index (χ4n) is 3.68. The minimum Gasteiger partial charge on any atom is -0.497 e. The maximum absolute atomic E-state index is 12.5. The van der Waals surface area contributed by atoms with Crippen molar-refractivity contribution in [1.29, 1.82) is 0 Å². The highest BCUT2D eigenvalue weighted by atomic mass is 16.5. The molecule has 0 aliphatic carbocycles. The predicted octanol–water partition coefficient (Wildman–Crippen LogP) is 3.01. The third kappa shape index (κ3) is 5.53. The van der Waals surface area contributed by atoms with E-state index in [0.29, 0.717) is 52.4 Å². The summed E-state index contributed by atoms with van der Waals surface area (Å²) in [5.41, 5.74) is 2.75. The summed E-state index contributed by atoms with van der Waals surface area (Å²) in [6.07, 6.45) is 1.61. The molecule has 192 valence electrons. The first-order valence-corrected chi connectivity index (χ1v) is 11.3. The normalized spacial score (nSPS) is 10.5. The van der Waals surface area contributed by atoms with Gasteiger partial charge in [-0.05, 0) is 24.3 Å². The van der Waals surface area contributed by atoms with Crippen molar-refractivity contribution in [2.24, 2.45) is 7.05 Å². The first-order chi connectivity index (χ1) is 18.0. The number of benzene rings is 2. The van der Waals surface area contributed by atoms with Gasteiger partial charge in [0.15, 0.2) is 23.1 Å². The van der Waals surface area contributed by atoms with Crippen LogP contribution in [0.3, 0.4) is 0 Å². The average molecular weight is 505 g/mol. The van der Waals surface area contributed by atoms with Crippen molar-refractivity contribution in [2.45, 2.75) is 6.54 Å². The summed E-state index contributed by atoms with van der Waals surface area (Å²) >= 11 is 0. The van der Waals surface area contributed by atoms with E-state index in [-0.39, 0.29) is 11.6 Å². The van der Waals surface area contributed by atoms with Gasteiger partial charge in [-0.1, -0.05) is 6.07 Å². The number of para-hydroxylation sites is 1. The number of nitrogens with one attached hydrogen (secondary N) is 3. The molecule has 4 rings (SSSR count). The van der Waals surface area contributed by atoms with Crippen LogP contribution in [-0.4, -0.2) is 59.2 Å². The predicted molar refractivity (Wildman–Crippen MR) is 139 cm³/mol. The molecule has 1 amide bonds. The van der Waals surface area contributed by atoms with E-state index in [4.69, 9.17) is 14.2 Å². The topological polar surface area (TPSA) is 137 Å². The summed E-state index contributed by atoms with van der Waals surface area (Å²) in [6, 6.07) is 12.8. The lowest BCUT2D eigenvalue weighted by Gasteiger charge is -2.16. The number of hydrogen-bond acceptors (Lipinski definition) is 10. The molecular formula is C25H28N8O4. The number of nitrogens with zero attached hydrogens (tertiary/aromatic N) is 5. The van der Waals surface area contributed by atoms with E-state index >= 15 is 0 Å². The second-order valence-electron chi connectivity index (χ2n) is 7.86. The summed E-state index contributed by atoms with van der Waals surface area (Å²) in [5.74, 6) is 2.46. The number of anilines is 3. The van der Waals surface area contributed by atoms with Crippen LogP contribution in [0, 0.1) is 0 Å². The molecule has 0 unspecified atom stereocenters. The summed E-state index contributed by atoms with van der Waals surface area (Å²) in [4.78, 5) is 16.9. The van der Waals surface area contributed by atoms with Crippen molar-refractivity contribution >= 4 is 23.1 Å². The second-order valence-corrected chi connectivity index (χ2v) is 7.86. The van der Waals surface area contributed by atoms with Crippen LogP contribution in [-0.2, 0) is 13.6 Å². The van der Waals surface area contributed by atoms with Gasteiger partial charge in [0.2, 0.25) is 0 Å². The van der Waals surface area contributed by atoms with Crippen LogP contribution in [0.4, 0.5) is 17.2 Å². The number of rotatable bonds is 10. The van der Waals surface area contributed by atoms with Gasteiger partial charge >= 0.3 is 0 Å². The van der Waals surface area contributed by atoms with E-state index in [9.17, 15) is 4.79 Å². The van der Waals surface area contributed by atoms with Crippen LogP contribution in [0.2, 0.25) is 0 Å². The number of hydrogen-bond donors (Lipinski definition) is 3. The zero-order valence-corrected chi connectivity index (χ0v) is 21.2. The smallest absolute Gasteiger partial charge is 0.273 e. The molecule has 0 radical (unpaired) electrons. The zero-order chi connectivity index (χ0) is 26.4. The highest BCUT2D eigenvalue weighted by molar-refractivity contribution is 5.98. The number of aromatic nitrogens is 5. The largest absolute Gasteiger partial charge is 0.497 e. The van der Waals surface area contributed by atoms with Crippen LogP contribution in [0.15, 0.2) is 48.8 Å². The van der Waals surface area contributed by atoms with Gasteiger partial charge in [-0.2, -0.15) is 5.10 Å². The van der Waals surface area contributed by atoms with Crippen molar-refractivity contribution < 1.29 is 19.0 Å². The molecule has 2 aromatic heterocycles. The molecule has 37 heavy (non-hydrogen) atoms. The second kappa shape index (κ2) is 11.2. The molecule has 0 aliphatic rings. The van der Waals surface area contributed by atoms with E-state index in [1.54, 1.807) is 51.5 Å². The molecule has 12 heteroatoms. The minimum absolute atomic E-state index is 0.124. The third-order valence-electron chi connectivity index (χ3n) is 5.52. The molecule has 2 aromatic carbocycles. The molecule has 0 bridgehead atoms. The standard InChI is InChI=1S/C25H28N8O4/c1-26-25(34)22-19(29-18-8-6-7-17(23(18)37-5)24-28-14-33(2)32-24)12-21(30-31-22)27-13-15-9-10-16(35-3)11-20(15)36-4/h6-12,14H,13H2,1-5H3,(H,26,34)(H2,27,29,30). The number of carbonyl (C=O) groups is 1. The lowest BCUT2D eigenvalue weighted by Crippen LogP contribution is -2.21. The average Bonchev–Trinajstić information content (AvgIpc) is 3.37. The summed E-state index contributed by atoms with van der Waals surface area (Å²) in [7, 11) is 8.08. The lowest BCUT2D eigenvalue weighted by atomic mass is 10.1. The molecule has 4 aromatic rings. The van der Waals surface area contributed by atoms with Crippen LogP contribution in [0.5, 0.6) is 17.2 Å². The lowest BCUT2D eigenvalue weighted by molar-refractivity contribution is 0.0958. The number of carbonyl (C=O) groups excluding carboxylic acids is 1. The Morgan fingerprint density at radius 3 is 2.51 bits per heavy atom. The van der Waals surface area contributed by atoms with Crippen LogP contribution in [0.1, 0.15) is 16.1 Å². The van der Waals surface area contributed by atoms with E-state index in [1.807, 2.05) is 30.3 Å². The van der Waals surface area contributed by atoms with Gasteiger partial charge in [0.1, 0.15) is 17.8 Å². The van der Waals surface area contributed by atoms with Crippen LogP contribution < -0.4 is 30.2 Å². The number of amides is 1. The summed E-state index contributed by atoms with van der Waals surface area (Å²) in [6.45, 7) is 0.408. The maximum Gasteiger partial charge on any atom is 0.273 e. The van der Waals surface area contributed by atoms with E-state index in [1.165, 1.54) is 7.05 Å². The van der Waals surface area contributed by atoms with Crippen molar-refractivity contribution in [2.75, 3.05) is 39.0 Å². The zero-order valence-electron chi connectivity index (χ0n) is 21.2. The van der Waals surface area contributed by atoms with Gasteiger partial charge in [-0.3, -0.25) is 9.48 Å². The first-order valence-electron chi connectivity index (χ1n) is 11.3. The van der Waals surface area contributed by atoms with Crippen LogP contribution in [0.25, 0.3) is 11.4 Å². The molecule has 0 spiro atoms. The molecule has 0 aliphatic heterocycles. The molecule has 0 saturated heterocycles. The number of methoxy groups -OCH3 is 3. The summed E-state index contributed by atoms with van der Waals surface area (Å²) < 4.78 is 18.0. The first kappa shape index (κ1) is 25.2. The Balaban J connectivity index is 1.65. The monoisotopic (exact) mass is 504 g/mol. The Kier molecular flexibility index (Phi) is 7.67. The van der Waals surface area contributed by atoms with Crippen molar-refractivity contribution in [3.8, 4) is 28.6 Å². The Hall–Kier alpha value is -4.87. The van der Waals surface area contributed by atoms with Crippen LogP contribution >= 0.6 is 0 Å². The molecular weight excluding hydrogens is 476 g/mol. The van der Waals surface area contributed by atoms with E-state index < -0.39 is 0 Å². The molecule has 12 nitrogen and oxygen atoms in total. The number of aryl methyl sites for hydroxylation is 1. The maximum atomic E-state index is 12.5. The highest BCUT2D eigenvalue weighted by Gasteiger charge is 2.19. The fraction of sp³-hybridized carbons (Fsp3) is 0.240. The van der Waals surface area contributed by atoms with Gasteiger partial charge in [-0.15, -0.1) is 10.2 Å².